The molecule has 4 rings (SSSR count). The number of aromatic hydroxyl groups is 1. The van der Waals surface area contributed by atoms with Crippen LogP contribution in [0.4, 0.5) is 5.69 Å². The maximum atomic E-state index is 11.2. The van der Waals surface area contributed by atoms with Crippen molar-refractivity contribution in [3.8, 4) is 5.75 Å². The fourth-order valence-corrected chi connectivity index (χ4v) is 4.75. The highest BCUT2D eigenvalue weighted by molar-refractivity contribution is 5.55. The third-order valence-corrected chi connectivity index (χ3v) is 6.60. The van der Waals surface area contributed by atoms with Crippen LogP contribution >= 0.6 is 0 Å². The number of nitro benzene ring substituents is 1. The van der Waals surface area contributed by atoms with E-state index in [2.05, 4.69) is 18.7 Å². The summed E-state index contributed by atoms with van der Waals surface area (Å²) in [5, 5.41) is 21.2. The van der Waals surface area contributed by atoms with Crippen LogP contribution in [-0.4, -0.2) is 34.1 Å². The molecule has 1 N–H and O–H groups in total. The number of hydrogen-bond donors (Lipinski definition) is 1. The van der Waals surface area contributed by atoms with E-state index in [0.717, 1.165) is 36.4 Å². The number of phenols is 1. The Morgan fingerprint density at radius 1 is 1.43 bits per heavy atom. The lowest BCUT2D eigenvalue weighted by atomic mass is 9.59. The summed E-state index contributed by atoms with van der Waals surface area (Å²) in [5.41, 5.74) is 2.02. The summed E-state index contributed by atoms with van der Waals surface area (Å²) in [5.74, 6) is 1.17. The number of piperidine rings is 1. The van der Waals surface area contributed by atoms with Crippen molar-refractivity contribution in [3.63, 3.8) is 0 Å². The van der Waals surface area contributed by atoms with Gasteiger partial charge in [-0.05, 0) is 66.7 Å². The number of nitrogens with zero attached hydrogens (tertiary/aromatic N) is 2. The number of nitro groups is 1. The van der Waals surface area contributed by atoms with Gasteiger partial charge in [-0.1, -0.05) is 13.8 Å². The summed E-state index contributed by atoms with van der Waals surface area (Å²) < 4.78 is 0. The van der Waals surface area contributed by atoms with Crippen LogP contribution in [-0.2, 0) is 11.8 Å². The minimum Gasteiger partial charge on any atom is -0.502 e. The second kappa shape index (κ2) is 4.94. The van der Waals surface area contributed by atoms with Crippen molar-refractivity contribution in [2.75, 3.05) is 13.1 Å². The van der Waals surface area contributed by atoms with E-state index in [1.807, 2.05) is 0 Å². The lowest BCUT2D eigenvalue weighted by molar-refractivity contribution is -0.386. The fourth-order valence-electron chi connectivity index (χ4n) is 4.75. The molecule has 2 fully saturated rings. The predicted molar refractivity (Wildman–Crippen MR) is 87.7 cm³/mol. The van der Waals surface area contributed by atoms with Gasteiger partial charge in [0.25, 0.3) is 0 Å². The van der Waals surface area contributed by atoms with Gasteiger partial charge in [0, 0.05) is 18.7 Å². The highest BCUT2D eigenvalue weighted by Crippen LogP contribution is 2.51. The van der Waals surface area contributed by atoms with Crippen LogP contribution in [0.1, 0.15) is 44.2 Å². The lowest BCUT2D eigenvalue weighted by Crippen LogP contribution is -2.58. The first kappa shape index (κ1) is 14.9. The van der Waals surface area contributed by atoms with E-state index in [0.29, 0.717) is 12.0 Å². The highest BCUT2D eigenvalue weighted by Gasteiger charge is 2.49. The van der Waals surface area contributed by atoms with E-state index in [4.69, 9.17) is 0 Å². The summed E-state index contributed by atoms with van der Waals surface area (Å²) >= 11 is 0. The number of likely N-dealkylation sites (tertiary alicyclic amines) is 1. The average molecular weight is 316 g/mol. The molecule has 1 saturated heterocycles. The number of rotatable bonds is 3. The van der Waals surface area contributed by atoms with Crippen molar-refractivity contribution in [2.45, 2.75) is 51.0 Å². The highest BCUT2D eigenvalue weighted by atomic mass is 16.6. The lowest BCUT2D eigenvalue weighted by Gasteiger charge is -2.54. The Bertz CT molecular complexity index is 670. The van der Waals surface area contributed by atoms with Gasteiger partial charge >= 0.3 is 5.69 Å². The van der Waals surface area contributed by atoms with Gasteiger partial charge in [0.05, 0.1) is 4.92 Å². The van der Waals surface area contributed by atoms with Gasteiger partial charge in [-0.15, -0.1) is 0 Å². The molecule has 0 spiro atoms. The number of fused-ring (bicyclic) bond motifs is 4. The molecule has 1 aromatic carbocycles. The topological polar surface area (TPSA) is 66.6 Å². The van der Waals surface area contributed by atoms with Crippen LogP contribution in [0.15, 0.2) is 12.1 Å². The van der Waals surface area contributed by atoms with E-state index in [1.54, 1.807) is 12.1 Å². The second-order valence-electron chi connectivity index (χ2n) is 7.92. The summed E-state index contributed by atoms with van der Waals surface area (Å²) in [6, 6.07) is 3.74. The van der Waals surface area contributed by atoms with Crippen molar-refractivity contribution in [1.29, 1.82) is 0 Å². The molecule has 0 aromatic heterocycles. The quantitative estimate of drug-likeness (QED) is 0.687. The molecule has 2 bridgehead atoms. The molecule has 1 saturated carbocycles. The molecule has 1 aromatic rings. The Balaban J connectivity index is 1.75. The van der Waals surface area contributed by atoms with Gasteiger partial charge in [-0.2, -0.15) is 0 Å². The molecule has 5 nitrogen and oxygen atoms in total. The molecule has 2 aliphatic carbocycles. The van der Waals surface area contributed by atoms with Gasteiger partial charge in [-0.3, -0.25) is 15.0 Å². The van der Waals surface area contributed by atoms with Gasteiger partial charge in [0.15, 0.2) is 5.75 Å². The molecule has 1 heterocycles. The van der Waals surface area contributed by atoms with E-state index in [9.17, 15) is 15.2 Å². The molecule has 0 amide bonds. The summed E-state index contributed by atoms with van der Waals surface area (Å²) in [7, 11) is 0. The molecule has 124 valence electrons. The maximum Gasteiger partial charge on any atom is 0.310 e. The molecule has 0 unspecified atom stereocenters. The van der Waals surface area contributed by atoms with Crippen LogP contribution in [0, 0.1) is 22.0 Å². The first-order chi connectivity index (χ1) is 10.9. The number of benzene rings is 1. The van der Waals surface area contributed by atoms with Gasteiger partial charge in [0.1, 0.15) is 0 Å². The smallest absolute Gasteiger partial charge is 0.310 e. The van der Waals surface area contributed by atoms with Gasteiger partial charge < -0.3 is 5.11 Å². The molecule has 5 heteroatoms. The van der Waals surface area contributed by atoms with E-state index in [-0.39, 0.29) is 16.9 Å². The van der Waals surface area contributed by atoms with Gasteiger partial charge in [0.2, 0.25) is 0 Å². The zero-order valence-electron chi connectivity index (χ0n) is 13.8. The Hall–Kier alpha value is -1.62. The molecule has 1 aliphatic heterocycles. The van der Waals surface area contributed by atoms with Crippen LogP contribution in [0.5, 0.6) is 5.75 Å². The van der Waals surface area contributed by atoms with Gasteiger partial charge in [-0.25, -0.2) is 0 Å². The average Bonchev–Trinajstić information content (AvgIpc) is 3.30. The standard InChI is InChI=1S/C18H24N2O3/c1-11-15-7-13-8-16(20(22)23)17(21)9-14(13)18(11,2)5-6-19(15)10-12-3-4-12/h8-9,11-12,15,21H,3-7,10H2,1-2H3/t11-,15-,18-/m1/s1. The van der Waals surface area contributed by atoms with E-state index < -0.39 is 4.92 Å². The SMILES string of the molecule is C[C@@H]1[C@H]2Cc3cc([N+](=O)[O-])c(O)cc3[C@]1(C)CCN2CC1CC1. The largest absolute Gasteiger partial charge is 0.502 e. The predicted octanol–water partition coefficient (Wildman–Crippen LogP) is 3.23. The monoisotopic (exact) mass is 316 g/mol. The zero-order valence-corrected chi connectivity index (χ0v) is 13.8. The summed E-state index contributed by atoms with van der Waals surface area (Å²) in [6.07, 6.45) is 4.62. The minimum absolute atomic E-state index is 0.00487. The Labute approximate surface area is 136 Å². The molecule has 23 heavy (non-hydrogen) atoms. The van der Waals surface area contributed by atoms with Crippen molar-refractivity contribution in [3.05, 3.63) is 33.4 Å². The maximum absolute atomic E-state index is 11.2. The third kappa shape index (κ3) is 2.24. The summed E-state index contributed by atoms with van der Waals surface area (Å²) in [4.78, 5) is 13.3. The van der Waals surface area contributed by atoms with Crippen LogP contribution in [0.25, 0.3) is 0 Å². The Kier molecular flexibility index (Phi) is 3.21. The molecular formula is C18H24N2O3. The molecular weight excluding hydrogens is 292 g/mol. The van der Waals surface area contributed by atoms with Crippen LogP contribution in [0.3, 0.4) is 0 Å². The summed E-state index contributed by atoms with van der Waals surface area (Å²) in [6.45, 7) is 6.85. The Morgan fingerprint density at radius 3 is 2.83 bits per heavy atom. The van der Waals surface area contributed by atoms with E-state index in [1.165, 1.54) is 19.4 Å². The van der Waals surface area contributed by atoms with Crippen molar-refractivity contribution in [2.24, 2.45) is 11.8 Å². The molecule has 0 radical (unpaired) electrons. The van der Waals surface area contributed by atoms with Crippen LogP contribution in [0.2, 0.25) is 0 Å². The number of hydrogen-bond acceptors (Lipinski definition) is 4. The number of phenolic OH excluding ortho intramolecular Hbond substituents is 1. The Morgan fingerprint density at radius 2 is 2.17 bits per heavy atom. The minimum atomic E-state index is -0.478. The first-order valence-corrected chi connectivity index (χ1v) is 8.65. The van der Waals surface area contributed by atoms with Crippen molar-refractivity contribution >= 4 is 5.69 Å². The van der Waals surface area contributed by atoms with E-state index >= 15 is 0 Å². The van der Waals surface area contributed by atoms with Crippen molar-refractivity contribution < 1.29 is 10.0 Å². The molecule has 3 aliphatic rings. The second-order valence-corrected chi connectivity index (χ2v) is 7.92. The fraction of sp³-hybridized carbons (Fsp3) is 0.667. The normalized spacial score (nSPS) is 33.3. The van der Waals surface area contributed by atoms with Crippen molar-refractivity contribution in [1.82, 2.24) is 4.90 Å². The first-order valence-electron chi connectivity index (χ1n) is 8.65. The zero-order chi connectivity index (χ0) is 16.4. The molecule has 3 atom stereocenters. The third-order valence-electron chi connectivity index (χ3n) is 6.60. The van der Waals surface area contributed by atoms with Crippen LogP contribution < -0.4 is 0 Å².